The van der Waals surface area contributed by atoms with E-state index >= 15 is 0 Å². The van der Waals surface area contributed by atoms with Gasteiger partial charge in [0.05, 0.1) is 10.2 Å². The lowest BCUT2D eigenvalue weighted by Gasteiger charge is -2.16. The van der Waals surface area contributed by atoms with Gasteiger partial charge in [-0.3, -0.25) is 4.79 Å². The van der Waals surface area contributed by atoms with Crippen molar-refractivity contribution in [2.75, 3.05) is 32.9 Å². The van der Waals surface area contributed by atoms with E-state index in [9.17, 15) is 4.79 Å². The molecule has 1 aromatic heterocycles. The van der Waals surface area contributed by atoms with E-state index in [2.05, 4.69) is 10.3 Å². The molecule has 0 aliphatic heterocycles. The van der Waals surface area contributed by atoms with Gasteiger partial charge in [-0.25, -0.2) is 4.98 Å². The molecule has 0 saturated carbocycles. The molecule has 5 nitrogen and oxygen atoms in total. The highest BCUT2D eigenvalue weighted by Gasteiger charge is 2.12. The molecule has 18 heavy (non-hydrogen) atoms. The molecule has 1 amide bonds. The summed E-state index contributed by atoms with van der Waals surface area (Å²) in [5.74, 6) is 0.0131. The van der Waals surface area contributed by atoms with Crippen LogP contribution in [-0.2, 0) is 0 Å². The molecule has 3 N–H and O–H groups in total. The van der Waals surface area contributed by atoms with Gasteiger partial charge in [0, 0.05) is 25.7 Å². The topological polar surface area (TPSA) is 71.2 Å². The van der Waals surface area contributed by atoms with Crippen molar-refractivity contribution >= 4 is 32.6 Å². The minimum absolute atomic E-state index is 0.0131. The quantitative estimate of drug-likeness (QED) is 0.869. The van der Waals surface area contributed by atoms with Crippen LogP contribution >= 0.6 is 11.3 Å². The number of nitrogen functional groups attached to an aromatic ring is 1. The molecule has 0 bridgehead atoms. The van der Waals surface area contributed by atoms with E-state index in [0.29, 0.717) is 17.2 Å². The Morgan fingerprint density at radius 2 is 2.33 bits per heavy atom. The first-order valence-electron chi connectivity index (χ1n) is 5.68. The van der Waals surface area contributed by atoms with Crippen molar-refractivity contribution in [3.8, 4) is 0 Å². The predicted molar refractivity (Wildman–Crippen MR) is 74.9 cm³/mol. The molecule has 6 heteroatoms. The second-order valence-electron chi connectivity index (χ2n) is 4.06. The Kier molecular flexibility index (Phi) is 3.78. The van der Waals surface area contributed by atoms with Crippen LogP contribution in [0.2, 0.25) is 0 Å². The van der Waals surface area contributed by atoms with Gasteiger partial charge in [0.15, 0.2) is 5.13 Å². The third kappa shape index (κ3) is 2.60. The van der Waals surface area contributed by atoms with E-state index in [1.165, 1.54) is 11.3 Å². The lowest BCUT2D eigenvalue weighted by atomic mass is 10.2. The summed E-state index contributed by atoms with van der Waals surface area (Å²) in [6.07, 6.45) is 0. The van der Waals surface area contributed by atoms with Gasteiger partial charge >= 0.3 is 0 Å². The molecule has 0 atom stereocenters. The van der Waals surface area contributed by atoms with E-state index in [1.807, 2.05) is 19.2 Å². The fourth-order valence-electron chi connectivity index (χ4n) is 1.68. The number of anilines is 1. The van der Waals surface area contributed by atoms with Gasteiger partial charge in [-0.15, -0.1) is 0 Å². The van der Waals surface area contributed by atoms with Gasteiger partial charge in [-0.1, -0.05) is 11.3 Å². The van der Waals surface area contributed by atoms with E-state index in [0.717, 1.165) is 16.8 Å². The summed E-state index contributed by atoms with van der Waals surface area (Å²) in [5.41, 5.74) is 7.16. The van der Waals surface area contributed by atoms with Crippen molar-refractivity contribution in [2.45, 2.75) is 0 Å². The van der Waals surface area contributed by atoms with Crippen LogP contribution in [0.5, 0.6) is 0 Å². The zero-order valence-electron chi connectivity index (χ0n) is 10.4. The molecule has 0 saturated heterocycles. The number of carbonyl (C=O) groups excluding carboxylic acids is 1. The minimum Gasteiger partial charge on any atom is -0.375 e. The number of nitrogens with zero attached hydrogens (tertiary/aromatic N) is 2. The summed E-state index contributed by atoms with van der Waals surface area (Å²) in [5, 5.41) is 3.55. The number of aromatic nitrogens is 1. The lowest BCUT2D eigenvalue weighted by Crippen LogP contribution is -2.32. The number of fused-ring (bicyclic) bond motifs is 1. The van der Waals surface area contributed by atoms with Crippen LogP contribution in [0.4, 0.5) is 5.13 Å². The van der Waals surface area contributed by atoms with E-state index in [-0.39, 0.29) is 5.91 Å². The van der Waals surface area contributed by atoms with E-state index in [4.69, 9.17) is 5.73 Å². The molecular weight excluding hydrogens is 248 g/mol. The monoisotopic (exact) mass is 264 g/mol. The fraction of sp³-hybridized carbons (Fsp3) is 0.333. The van der Waals surface area contributed by atoms with E-state index in [1.54, 1.807) is 18.0 Å². The molecular formula is C12H16N4OS. The Labute approximate surface area is 110 Å². The molecule has 0 aliphatic carbocycles. The second-order valence-corrected chi connectivity index (χ2v) is 5.13. The summed E-state index contributed by atoms with van der Waals surface area (Å²) in [6, 6.07) is 5.47. The normalized spacial score (nSPS) is 10.8. The van der Waals surface area contributed by atoms with Gasteiger partial charge in [-0.05, 0) is 25.2 Å². The summed E-state index contributed by atoms with van der Waals surface area (Å²) in [4.78, 5) is 18.0. The van der Waals surface area contributed by atoms with Crippen LogP contribution in [0.25, 0.3) is 10.2 Å². The Balaban J connectivity index is 2.22. The standard InChI is InChI=1S/C12H16N4OS/c1-14-5-6-16(2)11(17)8-3-4-9-10(7-8)18-12(13)15-9/h3-4,7,14H,5-6H2,1-2H3,(H2,13,15). The van der Waals surface area contributed by atoms with Crippen LogP contribution < -0.4 is 11.1 Å². The highest BCUT2D eigenvalue weighted by atomic mass is 32.1. The van der Waals surface area contributed by atoms with Gasteiger partial charge < -0.3 is 16.0 Å². The number of hydrogen-bond acceptors (Lipinski definition) is 5. The van der Waals surface area contributed by atoms with Crippen LogP contribution in [0.3, 0.4) is 0 Å². The minimum atomic E-state index is 0.0131. The van der Waals surface area contributed by atoms with Crippen molar-refractivity contribution in [3.63, 3.8) is 0 Å². The van der Waals surface area contributed by atoms with Crippen molar-refractivity contribution in [1.82, 2.24) is 15.2 Å². The van der Waals surface area contributed by atoms with Crippen molar-refractivity contribution in [2.24, 2.45) is 0 Å². The number of likely N-dealkylation sites (N-methyl/N-ethyl adjacent to an activating group) is 2. The molecule has 2 rings (SSSR count). The van der Waals surface area contributed by atoms with Crippen LogP contribution in [0.1, 0.15) is 10.4 Å². The number of nitrogens with two attached hydrogens (primary N) is 1. The maximum atomic E-state index is 12.2. The number of thiazole rings is 1. The first kappa shape index (κ1) is 12.8. The largest absolute Gasteiger partial charge is 0.375 e. The Hall–Kier alpha value is -1.66. The molecule has 0 unspecified atom stereocenters. The van der Waals surface area contributed by atoms with Crippen LogP contribution in [0.15, 0.2) is 18.2 Å². The summed E-state index contributed by atoms with van der Waals surface area (Å²) >= 11 is 1.40. The fourth-order valence-corrected chi connectivity index (χ4v) is 2.45. The first-order valence-corrected chi connectivity index (χ1v) is 6.49. The van der Waals surface area contributed by atoms with Crippen LogP contribution in [0, 0.1) is 0 Å². The van der Waals surface area contributed by atoms with Crippen molar-refractivity contribution < 1.29 is 4.79 Å². The molecule has 0 spiro atoms. The Morgan fingerprint density at radius 1 is 1.56 bits per heavy atom. The smallest absolute Gasteiger partial charge is 0.253 e. The number of carbonyl (C=O) groups is 1. The second kappa shape index (κ2) is 5.32. The zero-order valence-corrected chi connectivity index (χ0v) is 11.3. The van der Waals surface area contributed by atoms with Gasteiger partial charge in [0.25, 0.3) is 5.91 Å². The summed E-state index contributed by atoms with van der Waals surface area (Å²) in [6.45, 7) is 1.45. The average molecular weight is 264 g/mol. The molecule has 2 aromatic rings. The number of hydrogen-bond donors (Lipinski definition) is 2. The average Bonchev–Trinajstić information content (AvgIpc) is 2.73. The Bertz CT molecular complexity index is 566. The third-order valence-corrected chi connectivity index (χ3v) is 3.54. The first-order chi connectivity index (χ1) is 8.61. The SMILES string of the molecule is CNCCN(C)C(=O)c1ccc2nc(N)sc2c1. The number of nitrogens with one attached hydrogen (secondary N) is 1. The zero-order chi connectivity index (χ0) is 13.1. The van der Waals surface area contributed by atoms with Crippen molar-refractivity contribution in [3.05, 3.63) is 23.8 Å². The molecule has 96 valence electrons. The number of amides is 1. The maximum absolute atomic E-state index is 12.2. The third-order valence-electron chi connectivity index (χ3n) is 2.70. The van der Waals surface area contributed by atoms with Gasteiger partial charge in [0.2, 0.25) is 0 Å². The van der Waals surface area contributed by atoms with Crippen molar-refractivity contribution in [1.29, 1.82) is 0 Å². The van der Waals surface area contributed by atoms with Crippen LogP contribution in [-0.4, -0.2) is 43.0 Å². The van der Waals surface area contributed by atoms with E-state index < -0.39 is 0 Å². The Morgan fingerprint density at radius 3 is 3.06 bits per heavy atom. The summed E-state index contributed by atoms with van der Waals surface area (Å²) < 4.78 is 0.945. The number of benzene rings is 1. The highest BCUT2D eigenvalue weighted by molar-refractivity contribution is 7.22. The van der Waals surface area contributed by atoms with Gasteiger partial charge in [-0.2, -0.15) is 0 Å². The lowest BCUT2D eigenvalue weighted by molar-refractivity contribution is 0.0797. The molecule has 0 aliphatic rings. The highest BCUT2D eigenvalue weighted by Crippen LogP contribution is 2.24. The predicted octanol–water partition coefficient (Wildman–Crippen LogP) is 1.17. The van der Waals surface area contributed by atoms with Gasteiger partial charge in [0.1, 0.15) is 0 Å². The molecule has 0 fully saturated rings. The molecule has 1 aromatic carbocycles. The summed E-state index contributed by atoms with van der Waals surface area (Å²) in [7, 11) is 3.66. The number of rotatable bonds is 4. The molecule has 0 radical (unpaired) electrons. The maximum Gasteiger partial charge on any atom is 0.253 e. The molecule has 1 heterocycles.